The van der Waals surface area contributed by atoms with Crippen molar-refractivity contribution in [2.75, 3.05) is 44.3 Å². The second kappa shape index (κ2) is 8.56. The van der Waals surface area contributed by atoms with E-state index >= 15 is 0 Å². The number of aromatic nitrogens is 3. The van der Waals surface area contributed by atoms with Gasteiger partial charge >= 0.3 is 24.4 Å². The lowest BCUT2D eigenvalue weighted by molar-refractivity contribution is -0.156. The lowest BCUT2D eigenvalue weighted by atomic mass is 9.52. The first-order valence-electron chi connectivity index (χ1n) is 11.6. The fraction of sp³-hybridized carbons (Fsp3) is 0.857. The number of hydrogen-bond donors (Lipinski definition) is 0. The van der Waals surface area contributed by atoms with Gasteiger partial charge in [-0.2, -0.15) is 36.3 Å². The average molecular weight is 495 g/mol. The number of ether oxygens (including phenoxy) is 2. The highest BCUT2D eigenvalue weighted by Crippen LogP contribution is 2.57. The molecule has 5 fully saturated rings. The summed E-state index contributed by atoms with van der Waals surface area (Å²) in [5.74, 6) is 2.35. The van der Waals surface area contributed by atoms with Gasteiger partial charge in [-0.15, -0.1) is 4.98 Å². The minimum Gasteiger partial charge on any atom is -0.454 e. The van der Waals surface area contributed by atoms with Gasteiger partial charge in [-0.05, 0) is 56.3 Å². The first-order chi connectivity index (χ1) is 16.0. The highest BCUT2D eigenvalue weighted by molar-refractivity contribution is 5.33. The van der Waals surface area contributed by atoms with Crippen LogP contribution in [0.2, 0.25) is 0 Å². The lowest BCUT2D eigenvalue weighted by Gasteiger charge is -2.61. The minimum absolute atomic E-state index is 0.0467. The number of rotatable bonds is 6. The van der Waals surface area contributed by atoms with Crippen LogP contribution in [-0.2, 0) is 0 Å². The summed E-state index contributed by atoms with van der Waals surface area (Å²) >= 11 is 0. The fourth-order valence-corrected chi connectivity index (χ4v) is 6.72. The van der Waals surface area contributed by atoms with E-state index in [-0.39, 0.29) is 11.5 Å². The van der Waals surface area contributed by atoms with E-state index in [0.717, 1.165) is 30.8 Å². The lowest BCUT2D eigenvalue weighted by Crippen LogP contribution is -2.64. The third-order valence-corrected chi connectivity index (χ3v) is 7.55. The number of halogens is 6. The maximum absolute atomic E-state index is 12.6. The van der Waals surface area contributed by atoms with Gasteiger partial charge in [0.25, 0.3) is 0 Å². The first kappa shape index (κ1) is 23.7. The molecule has 1 aliphatic heterocycles. The SMILES string of the molecule is FC(F)(F)COc1nc(OCC(F)(F)F)nc(N2CCN(C34CC5CC(CC(C5)C3)C4)CC2)n1. The summed E-state index contributed by atoms with van der Waals surface area (Å²) in [6.45, 7) is -0.874. The van der Waals surface area contributed by atoms with Gasteiger partial charge in [0.1, 0.15) is 0 Å². The van der Waals surface area contributed by atoms with Gasteiger partial charge in [-0.25, -0.2) is 0 Å². The molecule has 2 heterocycles. The van der Waals surface area contributed by atoms with Crippen LogP contribution in [-0.4, -0.2) is 77.1 Å². The summed E-state index contributed by atoms with van der Waals surface area (Å²) < 4.78 is 84.5. The maximum atomic E-state index is 12.6. The summed E-state index contributed by atoms with van der Waals surface area (Å²) in [5, 5.41) is 0. The summed E-state index contributed by atoms with van der Waals surface area (Å²) in [7, 11) is 0. The van der Waals surface area contributed by atoms with Crippen LogP contribution in [0.4, 0.5) is 32.3 Å². The molecule has 13 heteroatoms. The average Bonchev–Trinajstić information content (AvgIpc) is 2.74. The molecule has 4 bridgehead atoms. The van der Waals surface area contributed by atoms with Crippen molar-refractivity contribution in [2.24, 2.45) is 17.8 Å². The number of hydrogen-bond acceptors (Lipinski definition) is 7. The van der Waals surface area contributed by atoms with E-state index in [2.05, 4.69) is 29.3 Å². The van der Waals surface area contributed by atoms with Gasteiger partial charge in [-0.3, -0.25) is 4.90 Å². The van der Waals surface area contributed by atoms with E-state index in [1.54, 1.807) is 4.90 Å². The number of alkyl halides is 6. The highest BCUT2D eigenvalue weighted by atomic mass is 19.4. The molecule has 4 aliphatic carbocycles. The van der Waals surface area contributed by atoms with Crippen LogP contribution >= 0.6 is 0 Å². The Morgan fingerprint density at radius 2 is 1.15 bits per heavy atom. The molecular formula is C21H27F6N5O2. The third-order valence-electron chi connectivity index (χ3n) is 7.55. The Hall–Kier alpha value is -2.05. The van der Waals surface area contributed by atoms with Crippen molar-refractivity contribution in [3.63, 3.8) is 0 Å². The molecule has 1 aromatic rings. The van der Waals surface area contributed by atoms with E-state index in [4.69, 9.17) is 0 Å². The van der Waals surface area contributed by atoms with Crippen LogP contribution < -0.4 is 14.4 Å². The van der Waals surface area contributed by atoms with E-state index < -0.39 is 37.6 Å². The Morgan fingerprint density at radius 1 is 0.706 bits per heavy atom. The Bertz CT molecular complexity index is 816. The zero-order chi connectivity index (χ0) is 24.1. The van der Waals surface area contributed by atoms with Gasteiger partial charge < -0.3 is 14.4 Å². The molecular weight excluding hydrogens is 468 g/mol. The number of anilines is 1. The van der Waals surface area contributed by atoms with Crippen LogP contribution in [0.5, 0.6) is 12.0 Å². The topological polar surface area (TPSA) is 63.6 Å². The molecule has 190 valence electrons. The second-order valence-electron chi connectivity index (χ2n) is 10.1. The van der Waals surface area contributed by atoms with Crippen LogP contribution in [0.1, 0.15) is 38.5 Å². The van der Waals surface area contributed by atoms with Crippen molar-refractivity contribution >= 4 is 5.95 Å². The van der Waals surface area contributed by atoms with Crippen LogP contribution in [0, 0.1) is 17.8 Å². The predicted octanol–water partition coefficient (Wildman–Crippen LogP) is 3.84. The van der Waals surface area contributed by atoms with Crippen LogP contribution in [0.25, 0.3) is 0 Å². The number of piperazine rings is 1. The monoisotopic (exact) mass is 495 g/mol. The summed E-state index contributed by atoms with van der Waals surface area (Å²) in [4.78, 5) is 15.6. The molecule has 0 amide bonds. The zero-order valence-electron chi connectivity index (χ0n) is 18.5. The van der Waals surface area contributed by atoms with Crippen LogP contribution in [0.15, 0.2) is 0 Å². The number of nitrogens with zero attached hydrogens (tertiary/aromatic N) is 5. The van der Waals surface area contributed by atoms with Gasteiger partial charge in [0.15, 0.2) is 13.2 Å². The Balaban J connectivity index is 1.28. The standard InChI is InChI=1S/C21H27F6N5O2/c22-20(23,24)11-33-17-28-16(29-18(30-17)34-12-21(25,26)27)31-1-3-32(4-2-31)19-8-13-5-14(9-19)7-15(6-13)10-19/h13-15H,1-12H2. The molecule has 0 radical (unpaired) electrons. The smallest absolute Gasteiger partial charge is 0.422 e. The maximum Gasteiger partial charge on any atom is 0.422 e. The van der Waals surface area contributed by atoms with Crippen LogP contribution in [0.3, 0.4) is 0 Å². The van der Waals surface area contributed by atoms with E-state index in [1.165, 1.54) is 38.5 Å². The molecule has 0 N–H and O–H groups in total. The van der Waals surface area contributed by atoms with Crippen molar-refractivity contribution in [3.8, 4) is 12.0 Å². The summed E-state index contributed by atoms with van der Waals surface area (Å²) in [6.07, 6.45) is -1.63. The van der Waals surface area contributed by atoms with E-state index in [0.29, 0.717) is 13.1 Å². The van der Waals surface area contributed by atoms with Crippen molar-refractivity contribution in [1.29, 1.82) is 0 Å². The molecule has 34 heavy (non-hydrogen) atoms. The van der Waals surface area contributed by atoms with E-state index in [9.17, 15) is 26.3 Å². The quantitative estimate of drug-likeness (QED) is 0.556. The molecule has 7 nitrogen and oxygen atoms in total. The largest absolute Gasteiger partial charge is 0.454 e. The Labute approximate surface area is 192 Å². The van der Waals surface area contributed by atoms with Crippen molar-refractivity contribution in [3.05, 3.63) is 0 Å². The molecule has 1 aromatic heterocycles. The van der Waals surface area contributed by atoms with Gasteiger partial charge in [-0.1, -0.05) is 0 Å². The second-order valence-corrected chi connectivity index (χ2v) is 10.1. The van der Waals surface area contributed by atoms with E-state index in [1.807, 2.05) is 0 Å². The van der Waals surface area contributed by atoms with Crippen molar-refractivity contribution in [2.45, 2.75) is 56.4 Å². The first-order valence-corrected chi connectivity index (χ1v) is 11.6. The molecule has 1 saturated heterocycles. The molecule has 0 aromatic carbocycles. The molecule has 6 rings (SSSR count). The van der Waals surface area contributed by atoms with Gasteiger partial charge in [0, 0.05) is 31.7 Å². The third kappa shape index (κ3) is 5.28. The normalized spacial score (nSPS) is 31.7. The fourth-order valence-electron chi connectivity index (χ4n) is 6.72. The van der Waals surface area contributed by atoms with Gasteiger partial charge in [0.05, 0.1) is 0 Å². The minimum atomic E-state index is -4.65. The summed E-state index contributed by atoms with van der Waals surface area (Å²) in [6, 6.07) is -1.44. The van der Waals surface area contributed by atoms with Crippen molar-refractivity contribution in [1.82, 2.24) is 19.9 Å². The predicted molar refractivity (Wildman–Crippen MR) is 108 cm³/mol. The van der Waals surface area contributed by atoms with Crippen molar-refractivity contribution < 1.29 is 35.8 Å². The molecule has 4 saturated carbocycles. The Morgan fingerprint density at radius 3 is 1.56 bits per heavy atom. The molecule has 0 spiro atoms. The highest BCUT2D eigenvalue weighted by Gasteiger charge is 2.53. The zero-order valence-corrected chi connectivity index (χ0v) is 18.5. The van der Waals surface area contributed by atoms with Gasteiger partial charge in [0.2, 0.25) is 5.95 Å². The Kier molecular flexibility index (Phi) is 5.96. The molecule has 0 atom stereocenters. The molecule has 5 aliphatic rings. The summed E-state index contributed by atoms with van der Waals surface area (Å²) in [5.41, 5.74) is 0.224. The molecule has 0 unspecified atom stereocenters.